The molecule has 0 unspecified atom stereocenters. The van der Waals surface area contributed by atoms with E-state index in [2.05, 4.69) is 10.1 Å². The summed E-state index contributed by atoms with van der Waals surface area (Å²) in [6.45, 7) is 1.02. The Morgan fingerprint density at radius 3 is 2.60 bits per heavy atom. The summed E-state index contributed by atoms with van der Waals surface area (Å²) < 4.78 is 7.47. The zero-order valence-corrected chi connectivity index (χ0v) is 22.8. The topological polar surface area (TPSA) is 113 Å². The summed E-state index contributed by atoms with van der Waals surface area (Å²) in [5.41, 5.74) is 4.16. The van der Waals surface area contributed by atoms with Gasteiger partial charge in [0.25, 0.3) is 11.5 Å². The number of rotatable bonds is 6. The molecule has 0 saturated heterocycles. The SMILES string of the molecule is O=C(CCCN1C(=O)[C@H](c2ccccc2)Oc2cccnc21)N1CCc2nc3cc(-c4ccccc4)[nH]n3c(=O)c2C1. The van der Waals surface area contributed by atoms with Gasteiger partial charge in [-0.25, -0.2) is 14.5 Å². The predicted octanol–water partition coefficient (Wildman–Crippen LogP) is 3.92. The molecule has 2 aliphatic heterocycles. The molecule has 5 heterocycles. The van der Waals surface area contributed by atoms with E-state index >= 15 is 0 Å². The molecule has 2 aromatic carbocycles. The molecule has 2 amide bonds. The third kappa shape index (κ3) is 4.60. The maximum Gasteiger partial charge on any atom is 0.277 e. The molecule has 5 aromatic rings. The van der Waals surface area contributed by atoms with Crippen molar-refractivity contribution in [3.63, 3.8) is 0 Å². The van der Waals surface area contributed by atoms with Gasteiger partial charge in [-0.2, -0.15) is 0 Å². The van der Waals surface area contributed by atoms with Crippen LogP contribution in [0.4, 0.5) is 5.82 Å². The Balaban J connectivity index is 1.05. The smallest absolute Gasteiger partial charge is 0.277 e. The number of anilines is 1. The maximum atomic E-state index is 13.5. The number of carbonyl (C=O) groups is 2. The van der Waals surface area contributed by atoms with Crippen molar-refractivity contribution in [3.8, 4) is 17.0 Å². The van der Waals surface area contributed by atoms with Crippen LogP contribution in [0.15, 0.2) is 89.9 Å². The van der Waals surface area contributed by atoms with E-state index in [9.17, 15) is 14.4 Å². The fraction of sp³-hybridized carbons (Fsp3) is 0.219. The number of hydrogen-bond donors (Lipinski definition) is 1. The van der Waals surface area contributed by atoms with Crippen molar-refractivity contribution in [2.45, 2.75) is 31.9 Å². The largest absolute Gasteiger partial charge is 0.472 e. The zero-order chi connectivity index (χ0) is 28.6. The highest BCUT2D eigenvalue weighted by Gasteiger charge is 2.36. The minimum Gasteiger partial charge on any atom is -0.472 e. The van der Waals surface area contributed by atoms with Crippen molar-refractivity contribution in [2.75, 3.05) is 18.0 Å². The molecular formula is C32H28N6O4. The molecule has 7 rings (SSSR count). The summed E-state index contributed by atoms with van der Waals surface area (Å²) in [7, 11) is 0. The molecule has 0 spiro atoms. The normalized spacial score (nSPS) is 16.2. The molecule has 0 aliphatic carbocycles. The first-order chi connectivity index (χ1) is 20.6. The van der Waals surface area contributed by atoms with Gasteiger partial charge >= 0.3 is 0 Å². The molecule has 42 heavy (non-hydrogen) atoms. The quantitative estimate of drug-likeness (QED) is 0.337. The summed E-state index contributed by atoms with van der Waals surface area (Å²) >= 11 is 0. The van der Waals surface area contributed by atoms with Gasteiger partial charge in [-0.15, -0.1) is 0 Å². The van der Waals surface area contributed by atoms with Gasteiger partial charge in [-0.1, -0.05) is 60.7 Å². The lowest BCUT2D eigenvalue weighted by atomic mass is 10.1. The Morgan fingerprint density at radius 1 is 1.00 bits per heavy atom. The standard InChI is InChI=1S/C32H28N6O4/c39-28(14-8-17-37-30-26(13-7-16-33-30)42-29(32(37)41)22-11-5-2-6-12-22)36-18-15-24-23(20-36)31(40)38-27(34-24)19-25(35-38)21-9-3-1-4-10-21/h1-7,9-13,16,19,29,35H,8,14-15,17-18,20H2/t29-/m0/s1. The zero-order valence-electron chi connectivity index (χ0n) is 22.8. The van der Waals surface area contributed by atoms with Gasteiger partial charge in [0.1, 0.15) is 0 Å². The van der Waals surface area contributed by atoms with Crippen molar-refractivity contribution in [3.05, 3.63) is 112 Å². The Labute approximate surface area is 241 Å². The summed E-state index contributed by atoms with van der Waals surface area (Å²) in [5.74, 6) is 0.709. The molecule has 0 radical (unpaired) electrons. The maximum absolute atomic E-state index is 13.5. The first kappa shape index (κ1) is 25.7. The summed E-state index contributed by atoms with van der Waals surface area (Å²) in [4.78, 5) is 52.6. The second kappa shape index (κ2) is 10.6. The van der Waals surface area contributed by atoms with Crippen molar-refractivity contribution in [2.24, 2.45) is 0 Å². The number of nitrogens with one attached hydrogen (secondary N) is 1. The highest BCUT2D eigenvalue weighted by molar-refractivity contribution is 5.99. The number of H-pyrrole nitrogens is 1. The number of fused-ring (bicyclic) bond motifs is 3. The van der Waals surface area contributed by atoms with Gasteiger partial charge in [0, 0.05) is 43.8 Å². The number of benzene rings is 2. The lowest BCUT2D eigenvalue weighted by molar-refractivity contribution is -0.132. The molecular weight excluding hydrogens is 532 g/mol. The molecule has 2 aliphatic rings. The lowest BCUT2D eigenvalue weighted by Gasteiger charge is -2.33. The molecule has 0 bridgehead atoms. The molecule has 210 valence electrons. The van der Waals surface area contributed by atoms with Crippen LogP contribution in [0.25, 0.3) is 16.9 Å². The van der Waals surface area contributed by atoms with Crippen LogP contribution in [-0.2, 0) is 22.6 Å². The third-order valence-corrected chi connectivity index (χ3v) is 7.82. The molecule has 0 fully saturated rings. The first-order valence-corrected chi connectivity index (χ1v) is 14.0. The van der Waals surface area contributed by atoms with Gasteiger partial charge in [0.2, 0.25) is 12.0 Å². The Kier molecular flexibility index (Phi) is 6.50. The van der Waals surface area contributed by atoms with Gasteiger partial charge < -0.3 is 9.64 Å². The van der Waals surface area contributed by atoms with Gasteiger partial charge in [-0.05, 0) is 24.1 Å². The van der Waals surface area contributed by atoms with Crippen LogP contribution in [0.2, 0.25) is 0 Å². The average Bonchev–Trinajstić information content (AvgIpc) is 3.47. The Morgan fingerprint density at radius 2 is 1.79 bits per heavy atom. The molecule has 3 aromatic heterocycles. The summed E-state index contributed by atoms with van der Waals surface area (Å²) in [6.07, 6.45) is 2.04. The monoisotopic (exact) mass is 560 g/mol. The number of pyridine rings is 1. The predicted molar refractivity (Wildman–Crippen MR) is 156 cm³/mol. The fourth-order valence-electron chi connectivity index (χ4n) is 5.66. The third-order valence-electron chi connectivity index (χ3n) is 7.82. The van der Waals surface area contributed by atoms with E-state index in [1.54, 1.807) is 28.1 Å². The Hall–Kier alpha value is -5.25. The van der Waals surface area contributed by atoms with E-state index in [0.717, 1.165) is 22.5 Å². The fourth-order valence-corrected chi connectivity index (χ4v) is 5.66. The molecule has 0 saturated carbocycles. The minimum absolute atomic E-state index is 0.0665. The summed E-state index contributed by atoms with van der Waals surface area (Å²) in [5, 5.41) is 3.16. The van der Waals surface area contributed by atoms with Crippen molar-refractivity contribution in [1.82, 2.24) is 24.5 Å². The van der Waals surface area contributed by atoms with E-state index in [1.807, 2.05) is 66.7 Å². The number of nitrogens with zero attached hydrogens (tertiary/aromatic N) is 5. The lowest BCUT2D eigenvalue weighted by Crippen LogP contribution is -2.43. The van der Waals surface area contributed by atoms with Crippen LogP contribution in [0.3, 0.4) is 0 Å². The van der Waals surface area contributed by atoms with Gasteiger partial charge in [0.05, 0.1) is 23.5 Å². The Bertz CT molecular complexity index is 1850. The number of amides is 2. The van der Waals surface area contributed by atoms with Crippen LogP contribution in [0.5, 0.6) is 5.75 Å². The first-order valence-electron chi connectivity index (χ1n) is 14.0. The van der Waals surface area contributed by atoms with E-state index in [-0.39, 0.29) is 30.3 Å². The highest BCUT2D eigenvalue weighted by Crippen LogP contribution is 2.37. The second-order valence-electron chi connectivity index (χ2n) is 10.5. The van der Waals surface area contributed by atoms with Crippen LogP contribution in [0, 0.1) is 0 Å². The molecule has 10 nitrogen and oxygen atoms in total. The van der Waals surface area contributed by atoms with Crippen LogP contribution < -0.4 is 15.2 Å². The van der Waals surface area contributed by atoms with Crippen LogP contribution in [-0.4, -0.2) is 49.4 Å². The van der Waals surface area contributed by atoms with E-state index < -0.39 is 6.10 Å². The molecule has 1 N–H and O–H groups in total. The highest BCUT2D eigenvalue weighted by atomic mass is 16.5. The minimum atomic E-state index is -0.773. The van der Waals surface area contributed by atoms with Crippen molar-refractivity contribution >= 4 is 23.3 Å². The number of ether oxygens (including phenoxy) is 1. The average molecular weight is 561 g/mol. The van der Waals surface area contributed by atoms with Gasteiger partial charge in [-0.3, -0.25) is 24.4 Å². The van der Waals surface area contributed by atoms with Gasteiger partial charge in [0.15, 0.2) is 17.2 Å². The number of hydrogen-bond acceptors (Lipinski definition) is 6. The molecule has 10 heteroatoms. The number of aromatic nitrogens is 4. The van der Waals surface area contributed by atoms with E-state index in [0.29, 0.717) is 48.7 Å². The van der Waals surface area contributed by atoms with Crippen molar-refractivity contribution in [1.29, 1.82) is 0 Å². The van der Waals surface area contributed by atoms with E-state index in [4.69, 9.17) is 9.72 Å². The van der Waals surface area contributed by atoms with Crippen LogP contribution in [0.1, 0.15) is 35.8 Å². The van der Waals surface area contributed by atoms with Crippen molar-refractivity contribution < 1.29 is 14.3 Å². The molecule has 1 atom stereocenters. The second-order valence-corrected chi connectivity index (χ2v) is 10.5. The number of carbonyl (C=O) groups excluding carboxylic acids is 2. The van der Waals surface area contributed by atoms with E-state index in [1.165, 1.54) is 4.52 Å². The number of aromatic amines is 1. The summed E-state index contributed by atoms with van der Waals surface area (Å²) in [6, 6.07) is 24.6. The van der Waals surface area contributed by atoms with Crippen LogP contribution >= 0.6 is 0 Å².